The molecule has 1 aliphatic carbocycles. The van der Waals surface area contributed by atoms with Gasteiger partial charge in [0.2, 0.25) is 5.79 Å². The van der Waals surface area contributed by atoms with Crippen LogP contribution in [-0.4, -0.2) is 46.3 Å². The van der Waals surface area contributed by atoms with Crippen molar-refractivity contribution in [3.05, 3.63) is 18.2 Å². The third-order valence-corrected chi connectivity index (χ3v) is 9.58. The van der Waals surface area contributed by atoms with Gasteiger partial charge in [-0.3, -0.25) is 4.98 Å². The normalized spacial score (nSPS) is 41.2. The Labute approximate surface area is 202 Å². The predicted octanol–water partition coefficient (Wildman–Crippen LogP) is 3.82. The van der Waals surface area contributed by atoms with Crippen molar-refractivity contribution in [1.82, 2.24) is 9.97 Å². The number of imidazole rings is 1. The lowest BCUT2D eigenvalue weighted by molar-refractivity contribution is -0.568. The average Bonchev–Trinajstić information content (AvgIpc) is 3.07. The fourth-order valence-electron chi connectivity index (χ4n) is 6.46. The number of quaternary nitrogens is 1. The summed E-state index contributed by atoms with van der Waals surface area (Å²) in [5.41, 5.74) is 1.03. The average molecular weight is 491 g/mol. The van der Waals surface area contributed by atoms with Crippen LogP contribution in [0.5, 0.6) is 0 Å². The summed E-state index contributed by atoms with van der Waals surface area (Å²) in [5.74, 6) is 1.17. The second kappa shape index (κ2) is 8.18. The summed E-state index contributed by atoms with van der Waals surface area (Å²) in [5, 5.41) is 1.35. The van der Waals surface area contributed by atoms with Crippen molar-refractivity contribution in [3.8, 4) is 0 Å². The lowest BCUT2D eigenvalue weighted by atomic mass is 9.58. The number of nitrogens with two attached hydrogens (primary N) is 1. The van der Waals surface area contributed by atoms with Crippen LogP contribution >= 0.6 is 11.8 Å². The van der Waals surface area contributed by atoms with Gasteiger partial charge in [0.25, 0.3) is 0 Å². The second-order valence-corrected chi connectivity index (χ2v) is 11.5. The van der Waals surface area contributed by atoms with Crippen LogP contribution < -0.4 is 5.32 Å². The summed E-state index contributed by atoms with van der Waals surface area (Å²) in [6, 6.07) is 6.05. The van der Waals surface area contributed by atoms with E-state index in [2.05, 4.69) is 29.9 Å². The van der Waals surface area contributed by atoms with Gasteiger partial charge in [-0.15, -0.1) is 0 Å². The molecule has 7 rings (SSSR count). The van der Waals surface area contributed by atoms with Gasteiger partial charge >= 0.3 is 12.0 Å². The molecule has 1 aromatic carbocycles. The first-order chi connectivity index (χ1) is 16.3. The number of aromatic amines is 1. The van der Waals surface area contributed by atoms with Gasteiger partial charge in [-0.2, -0.15) is 15.1 Å². The minimum atomic E-state index is -0.769. The number of nitrogens with zero attached hydrogens (tertiary/aromatic N) is 1. The van der Waals surface area contributed by atoms with Crippen molar-refractivity contribution >= 4 is 34.8 Å². The zero-order valence-electron chi connectivity index (χ0n) is 19.9. The Morgan fingerprint density at radius 3 is 2.91 bits per heavy atom. The topological polar surface area (TPSA) is 109 Å². The Morgan fingerprint density at radius 1 is 1.24 bits per heavy atom. The van der Waals surface area contributed by atoms with Crippen LogP contribution in [0.4, 0.5) is 10.7 Å². The fourth-order valence-corrected chi connectivity index (χ4v) is 7.62. The second-order valence-electron chi connectivity index (χ2n) is 10.4. The number of H-pyrrole nitrogens is 1. The molecule has 0 radical (unpaired) electrons. The van der Waals surface area contributed by atoms with E-state index in [1.54, 1.807) is 11.8 Å². The number of hydrogen-bond acceptors (Lipinski definition) is 8. The molecule has 2 bridgehead atoms. The Balaban J connectivity index is 1.27. The minimum absolute atomic E-state index is 0.0808. The molecule has 10 heteroatoms. The molecule has 1 saturated carbocycles. The van der Waals surface area contributed by atoms with Crippen LogP contribution in [0.15, 0.2) is 23.1 Å². The maximum Gasteiger partial charge on any atom is 0.520 e. The van der Waals surface area contributed by atoms with E-state index in [0.717, 1.165) is 35.2 Å². The highest BCUT2D eigenvalue weighted by Gasteiger charge is 2.69. The quantitative estimate of drug-likeness (QED) is 0.625. The minimum Gasteiger partial charge on any atom is -0.423 e. The summed E-state index contributed by atoms with van der Waals surface area (Å²) in [6.45, 7) is 6.55. The van der Waals surface area contributed by atoms with Crippen molar-refractivity contribution in [2.45, 2.75) is 74.5 Å². The molecule has 3 unspecified atom stereocenters. The number of methoxy groups -OCH3 is 1. The van der Waals surface area contributed by atoms with E-state index in [0.29, 0.717) is 23.7 Å². The molecule has 2 aromatic rings. The van der Waals surface area contributed by atoms with E-state index in [9.17, 15) is 4.79 Å². The monoisotopic (exact) mass is 490 g/mol. The number of rotatable bonds is 3. The van der Waals surface area contributed by atoms with Gasteiger partial charge in [0.15, 0.2) is 11.9 Å². The summed E-state index contributed by atoms with van der Waals surface area (Å²) in [7, 11) is 1.35. The standard InChI is InChI=1S/C24H31N3O6S/c1-12-5-7-16-13(2)19(30-20-24(16)15(12)9-10-23(3,31-20)32-33-24)34-14-6-8-17-18(11-14)26-21(25-17)27-22(28)29-4/h6,8,11-13,15-16,19-20H,5,7,9-10H2,1-4H3,(H2,25,26,27,28)/p+1/t12-,13-,15+,16?,19?,20-,23?,24-/m1/s1. The van der Waals surface area contributed by atoms with Crippen LogP contribution in [-0.2, 0) is 24.0 Å². The zero-order chi connectivity index (χ0) is 23.7. The zero-order valence-corrected chi connectivity index (χ0v) is 20.7. The van der Waals surface area contributed by atoms with Crippen LogP contribution in [0, 0.1) is 23.7 Å². The number of carbonyl (C=O) groups is 1. The Bertz CT molecular complexity index is 1110. The molecule has 4 aliphatic heterocycles. The number of nitrogens with one attached hydrogen (secondary N) is 1. The molecule has 8 atom stereocenters. The van der Waals surface area contributed by atoms with Gasteiger partial charge in [0.05, 0.1) is 18.1 Å². The van der Waals surface area contributed by atoms with Gasteiger partial charge in [0.1, 0.15) is 5.44 Å². The fraction of sp³-hybridized carbons (Fsp3) is 0.667. The Hall–Kier alpha value is -1.69. The lowest BCUT2D eigenvalue weighted by Gasteiger charge is -2.60. The third kappa shape index (κ3) is 3.50. The highest BCUT2D eigenvalue weighted by molar-refractivity contribution is 7.99. The highest BCUT2D eigenvalue weighted by atomic mass is 32.2. The number of primary amides is 1. The summed E-state index contributed by atoms with van der Waals surface area (Å²) < 4.78 is 17.9. The molecule has 5 heterocycles. The third-order valence-electron chi connectivity index (χ3n) is 8.28. The molecule has 4 saturated heterocycles. The van der Waals surface area contributed by atoms with Crippen LogP contribution in [0.2, 0.25) is 0 Å². The molecule has 184 valence electrons. The van der Waals surface area contributed by atoms with Crippen molar-refractivity contribution in [2.24, 2.45) is 23.7 Å². The number of aromatic nitrogens is 2. The highest BCUT2D eigenvalue weighted by Crippen LogP contribution is 2.61. The van der Waals surface area contributed by atoms with E-state index in [1.807, 2.05) is 19.1 Å². The number of hydrogen-bond donors (Lipinski definition) is 2. The first kappa shape index (κ1) is 22.8. The molecule has 9 nitrogen and oxygen atoms in total. The van der Waals surface area contributed by atoms with Crippen LogP contribution in [0.25, 0.3) is 11.0 Å². The number of thioether (sulfide) groups is 1. The van der Waals surface area contributed by atoms with Crippen molar-refractivity contribution in [2.75, 3.05) is 7.11 Å². The molecule has 34 heavy (non-hydrogen) atoms. The summed E-state index contributed by atoms with van der Waals surface area (Å²) in [4.78, 5) is 32.4. The first-order valence-electron chi connectivity index (χ1n) is 12.1. The van der Waals surface area contributed by atoms with Gasteiger partial charge in [-0.1, -0.05) is 25.6 Å². The largest absolute Gasteiger partial charge is 0.520 e. The molecular weight excluding hydrogens is 458 g/mol. The van der Waals surface area contributed by atoms with E-state index >= 15 is 0 Å². The first-order valence-corrected chi connectivity index (χ1v) is 13.0. The Kier molecular flexibility index (Phi) is 5.47. The molecule has 5 aliphatic rings. The molecule has 1 aromatic heterocycles. The van der Waals surface area contributed by atoms with Gasteiger partial charge in [0, 0.05) is 17.2 Å². The van der Waals surface area contributed by atoms with Crippen LogP contribution in [0.3, 0.4) is 0 Å². The van der Waals surface area contributed by atoms with Gasteiger partial charge in [-0.25, -0.2) is 9.78 Å². The number of benzene rings is 1. The molecular formula is C24H32N3O6S+. The van der Waals surface area contributed by atoms with Crippen molar-refractivity contribution in [3.63, 3.8) is 0 Å². The van der Waals surface area contributed by atoms with Crippen LogP contribution in [0.1, 0.15) is 46.5 Å². The van der Waals surface area contributed by atoms with E-state index in [4.69, 9.17) is 24.0 Å². The number of ether oxygens (including phenoxy) is 3. The molecule has 1 amide bonds. The molecule has 1 spiro atoms. The van der Waals surface area contributed by atoms with E-state index in [1.165, 1.54) is 18.8 Å². The smallest absolute Gasteiger partial charge is 0.423 e. The molecule has 3 N–H and O–H groups in total. The Morgan fingerprint density at radius 2 is 2.09 bits per heavy atom. The number of carbonyl (C=O) groups excluding carboxylic acids is 1. The van der Waals surface area contributed by atoms with Crippen molar-refractivity contribution in [1.29, 1.82) is 0 Å². The predicted molar refractivity (Wildman–Crippen MR) is 123 cm³/mol. The number of fused-ring (bicyclic) bond motifs is 3. The van der Waals surface area contributed by atoms with E-state index in [-0.39, 0.29) is 11.4 Å². The maximum absolute atomic E-state index is 11.6. The van der Waals surface area contributed by atoms with Gasteiger partial charge < -0.3 is 14.2 Å². The number of amides is 1. The molecule has 5 fully saturated rings. The SMILES string of the molecule is COC(=O)[NH2+]c1nc2ccc(SC3O[C@@H]4OC5(C)CC[C@H]6[C@H](C)CCC([C@H]3C)[C@@]46OO5)cc2[nH]1. The van der Waals surface area contributed by atoms with E-state index < -0.39 is 23.8 Å². The maximum atomic E-state index is 11.6. The lowest BCUT2D eigenvalue weighted by Crippen LogP contribution is -2.82. The summed E-state index contributed by atoms with van der Waals surface area (Å²) >= 11 is 1.70. The van der Waals surface area contributed by atoms with Gasteiger partial charge in [-0.05, 0) is 62.1 Å². The van der Waals surface area contributed by atoms with Crippen molar-refractivity contribution < 1.29 is 34.1 Å². The summed E-state index contributed by atoms with van der Waals surface area (Å²) in [6.07, 6.45) is 3.21.